The fourth-order valence-corrected chi connectivity index (χ4v) is 3.55. The highest BCUT2D eigenvalue weighted by Gasteiger charge is 2.31. The average Bonchev–Trinajstić information content (AvgIpc) is 2.54. The van der Waals surface area contributed by atoms with E-state index in [-0.39, 0.29) is 17.7 Å². The minimum absolute atomic E-state index is 0.0361. The number of nitrogens with zero attached hydrogens (tertiary/aromatic N) is 1. The number of piperidine rings is 1. The lowest BCUT2D eigenvalue weighted by Gasteiger charge is -2.42. The van der Waals surface area contributed by atoms with Gasteiger partial charge in [-0.1, -0.05) is 31.2 Å². The van der Waals surface area contributed by atoms with Crippen LogP contribution in [0.15, 0.2) is 48.5 Å². The first kappa shape index (κ1) is 16.1. The van der Waals surface area contributed by atoms with Crippen LogP contribution < -0.4 is 0 Å². The van der Waals surface area contributed by atoms with E-state index in [2.05, 4.69) is 18.7 Å². The lowest BCUT2D eigenvalue weighted by Crippen LogP contribution is -2.43. The summed E-state index contributed by atoms with van der Waals surface area (Å²) >= 11 is 0. The van der Waals surface area contributed by atoms with Crippen molar-refractivity contribution in [2.45, 2.75) is 38.8 Å². The Bertz CT molecular complexity index is 590. The molecule has 0 aromatic heterocycles. The Morgan fingerprint density at radius 1 is 0.826 bits per heavy atom. The van der Waals surface area contributed by atoms with Gasteiger partial charge in [-0.15, -0.1) is 0 Å². The van der Waals surface area contributed by atoms with E-state index in [0.29, 0.717) is 12.0 Å². The molecular weight excluding hydrogens is 292 g/mol. The molecular formula is C20H23F2N. The molecule has 0 saturated carbocycles. The van der Waals surface area contributed by atoms with E-state index < -0.39 is 0 Å². The first-order valence-corrected chi connectivity index (χ1v) is 8.31. The maximum absolute atomic E-state index is 13.3. The SMILES string of the molecule is C[C@@H]1CC[C@@H](C)N(C(c2ccc(F)cc2)c2ccc(F)cc2)C1. The van der Waals surface area contributed by atoms with Gasteiger partial charge in [0.1, 0.15) is 11.6 Å². The molecule has 0 unspecified atom stereocenters. The second-order valence-corrected chi connectivity index (χ2v) is 6.73. The lowest BCUT2D eigenvalue weighted by atomic mass is 9.89. The summed E-state index contributed by atoms with van der Waals surface area (Å²) in [5.41, 5.74) is 2.11. The Balaban J connectivity index is 2.01. The number of halogens is 2. The van der Waals surface area contributed by atoms with Crippen LogP contribution in [0.3, 0.4) is 0 Å². The van der Waals surface area contributed by atoms with Crippen LogP contribution in [0.25, 0.3) is 0 Å². The van der Waals surface area contributed by atoms with Crippen molar-refractivity contribution >= 4 is 0 Å². The van der Waals surface area contributed by atoms with Gasteiger partial charge in [-0.25, -0.2) is 8.78 Å². The summed E-state index contributed by atoms with van der Waals surface area (Å²) < 4.78 is 26.6. The molecule has 2 aromatic carbocycles. The van der Waals surface area contributed by atoms with Crippen molar-refractivity contribution in [1.29, 1.82) is 0 Å². The first-order chi connectivity index (χ1) is 11.0. The van der Waals surface area contributed by atoms with Crippen LogP contribution >= 0.6 is 0 Å². The highest BCUT2D eigenvalue weighted by Crippen LogP contribution is 2.35. The van der Waals surface area contributed by atoms with Crippen molar-refractivity contribution in [1.82, 2.24) is 4.90 Å². The summed E-state index contributed by atoms with van der Waals surface area (Å²) in [6, 6.07) is 13.9. The molecule has 1 saturated heterocycles. The van der Waals surface area contributed by atoms with Gasteiger partial charge in [-0.3, -0.25) is 4.90 Å². The van der Waals surface area contributed by atoms with E-state index in [1.165, 1.54) is 30.7 Å². The van der Waals surface area contributed by atoms with Gasteiger partial charge in [0.2, 0.25) is 0 Å². The van der Waals surface area contributed by atoms with Crippen molar-refractivity contribution in [3.05, 3.63) is 71.3 Å². The van der Waals surface area contributed by atoms with E-state index in [4.69, 9.17) is 0 Å². The molecule has 23 heavy (non-hydrogen) atoms. The Morgan fingerprint density at radius 2 is 1.30 bits per heavy atom. The van der Waals surface area contributed by atoms with E-state index in [0.717, 1.165) is 24.1 Å². The maximum Gasteiger partial charge on any atom is 0.123 e. The second-order valence-electron chi connectivity index (χ2n) is 6.73. The van der Waals surface area contributed by atoms with Gasteiger partial charge in [0.25, 0.3) is 0 Å². The first-order valence-electron chi connectivity index (χ1n) is 8.31. The summed E-state index contributed by atoms with van der Waals surface area (Å²) in [5, 5.41) is 0. The van der Waals surface area contributed by atoms with Crippen molar-refractivity contribution in [3.63, 3.8) is 0 Å². The predicted octanol–water partition coefficient (Wildman–Crippen LogP) is 5.17. The van der Waals surface area contributed by atoms with Crippen molar-refractivity contribution in [3.8, 4) is 0 Å². The van der Waals surface area contributed by atoms with Gasteiger partial charge < -0.3 is 0 Å². The maximum atomic E-state index is 13.3. The molecule has 2 atom stereocenters. The standard InChI is InChI=1S/C20H23F2N/c1-14-3-4-15(2)23(13-14)20(16-5-9-18(21)10-6-16)17-7-11-19(22)12-8-17/h5-12,14-15,20H,3-4,13H2,1-2H3/t14-,15-/m1/s1. The largest absolute Gasteiger partial charge is 0.289 e. The normalized spacial score (nSPS) is 22.5. The third-order valence-electron chi connectivity index (χ3n) is 4.87. The third kappa shape index (κ3) is 3.61. The predicted molar refractivity (Wildman–Crippen MR) is 89.2 cm³/mol. The van der Waals surface area contributed by atoms with Crippen molar-refractivity contribution in [2.24, 2.45) is 5.92 Å². The van der Waals surface area contributed by atoms with Gasteiger partial charge in [0, 0.05) is 12.6 Å². The number of hydrogen-bond acceptors (Lipinski definition) is 1. The molecule has 1 fully saturated rings. The summed E-state index contributed by atoms with van der Waals surface area (Å²) in [4.78, 5) is 2.47. The van der Waals surface area contributed by atoms with Crippen LogP contribution in [0.2, 0.25) is 0 Å². The Kier molecular flexibility index (Phi) is 4.76. The Morgan fingerprint density at radius 3 is 1.78 bits per heavy atom. The van der Waals surface area contributed by atoms with E-state index in [1.54, 1.807) is 0 Å². The molecule has 1 aliphatic heterocycles. The van der Waals surface area contributed by atoms with Gasteiger partial charge in [-0.2, -0.15) is 0 Å². The molecule has 2 aromatic rings. The van der Waals surface area contributed by atoms with Crippen LogP contribution in [-0.4, -0.2) is 17.5 Å². The number of likely N-dealkylation sites (tertiary alicyclic amines) is 1. The summed E-state index contributed by atoms with van der Waals surface area (Å²) in [5.74, 6) is 0.174. The fourth-order valence-electron chi connectivity index (χ4n) is 3.55. The molecule has 3 heteroatoms. The summed E-state index contributed by atoms with van der Waals surface area (Å²) in [6.07, 6.45) is 2.39. The van der Waals surface area contributed by atoms with Crippen LogP contribution in [0.1, 0.15) is 43.9 Å². The molecule has 1 nitrogen and oxygen atoms in total. The lowest BCUT2D eigenvalue weighted by molar-refractivity contribution is 0.0933. The molecule has 3 rings (SSSR count). The zero-order valence-corrected chi connectivity index (χ0v) is 13.7. The number of benzene rings is 2. The monoisotopic (exact) mass is 315 g/mol. The summed E-state index contributed by atoms with van der Waals surface area (Å²) in [7, 11) is 0. The van der Waals surface area contributed by atoms with Crippen LogP contribution in [-0.2, 0) is 0 Å². The fraction of sp³-hybridized carbons (Fsp3) is 0.400. The van der Waals surface area contributed by atoms with E-state index in [1.807, 2.05) is 24.3 Å². The molecule has 122 valence electrons. The smallest absolute Gasteiger partial charge is 0.123 e. The van der Waals surface area contributed by atoms with Crippen molar-refractivity contribution < 1.29 is 8.78 Å². The molecule has 0 aliphatic carbocycles. The van der Waals surface area contributed by atoms with Crippen LogP contribution in [0.5, 0.6) is 0 Å². The van der Waals surface area contributed by atoms with E-state index >= 15 is 0 Å². The molecule has 0 N–H and O–H groups in total. The van der Waals surface area contributed by atoms with Crippen LogP contribution in [0, 0.1) is 17.6 Å². The van der Waals surface area contributed by atoms with Crippen molar-refractivity contribution in [2.75, 3.05) is 6.54 Å². The number of rotatable bonds is 3. The van der Waals surface area contributed by atoms with E-state index in [9.17, 15) is 8.78 Å². The Hall–Kier alpha value is -1.74. The molecule has 0 spiro atoms. The molecule has 0 radical (unpaired) electrons. The van der Waals surface area contributed by atoms with Gasteiger partial charge in [0.05, 0.1) is 6.04 Å². The van der Waals surface area contributed by atoms with Crippen LogP contribution in [0.4, 0.5) is 8.78 Å². The summed E-state index contributed by atoms with van der Waals surface area (Å²) in [6.45, 7) is 5.51. The second kappa shape index (κ2) is 6.79. The van der Waals surface area contributed by atoms with Gasteiger partial charge in [-0.05, 0) is 61.1 Å². The number of hydrogen-bond donors (Lipinski definition) is 0. The minimum Gasteiger partial charge on any atom is -0.289 e. The highest BCUT2D eigenvalue weighted by atomic mass is 19.1. The zero-order valence-electron chi connectivity index (χ0n) is 13.7. The third-order valence-corrected chi connectivity index (χ3v) is 4.87. The minimum atomic E-state index is -0.230. The van der Waals surface area contributed by atoms with Gasteiger partial charge >= 0.3 is 0 Å². The highest BCUT2D eigenvalue weighted by molar-refractivity contribution is 5.32. The average molecular weight is 315 g/mol. The molecule has 1 aliphatic rings. The quantitative estimate of drug-likeness (QED) is 0.755. The Labute approximate surface area is 136 Å². The molecule has 0 bridgehead atoms. The zero-order chi connectivity index (χ0) is 16.4. The molecule has 0 amide bonds. The topological polar surface area (TPSA) is 3.24 Å². The molecule has 1 heterocycles. The van der Waals surface area contributed by atoms with Gasteiger partial charge in [0.15, 0.2) is 0 Å².